The van der Waals surface area contributed by atoms with Gasteiger partial charge in [-0.3, -0.25) is 16.3 Å². The van der Waals surface area contributed by atoms with Crippen LogP contribution in [0.3, 0.4) is 0 Å². The van der Waals surface area contributed by atoms with Crippen molar-refractivity contribution < 1.29 is 0 Å². The van der Waals surface area contributed by atoms with Gasteiger partial charge < -0.3 is 0 Å². The fourth-order valence-electron chi connectivity index (χ4n) is 1.71. The highest BCUT2D eigenvalue weighted by Gasteiger charge is 2.17. The first-order chi connectivity index (χ1) is 8.35. The Labute approximate surface area is 104 Å². The summed E-state index contributed by atoms with van der Waals surface area (Å²) in [5.74, 6) is 5.62. The number of aryl methyl sites for hydroxylation is 1. The minimum absolute atomic E-state index is 0.0501. The lowest BCUT2D eigenvalue weighted by Crippen LogP contribution is -2.29. The smallest absolute Gasteiger partial charge is 0.0801 e. The van der Waals surface area contributed by atoms with Crippen LogP contribution in [0.5, 0.6) is 0 Å². The van der Waals surface area contributed by atoms with Gasteiger partial charge in [-0.15, -0.1) is 5.10 Å². The van der Waals surface area contributed by atoms with Crippen molar-refractivity contribution in [2.75, 3.05) is 0 Å². The van der Waals surface area contributed by atoms with Gasteiger partial charge in [0.1, 0.15) is 0 Å². The zero-order chi connectivity index (χ0) is 12.1. The van der Waals surface area contributed by atoms with E-state index in [1.807, 2.05) is 18.3 Å². The molecular formula is C11H15N5S. The van der Waals surface area contributed by atoms with Crippen molar-refractivity contribution in [1.82, 2.24) is 20.0 Å². The minimum atomic E-state index is 0.0501. The molecule has 0 saturated heterocycles. The first-order valence-corrected chi connectivity index (χ1v) is 6.28. The van der Waals surface area contributed by atoms with E-state index in [1.54, 1.807) is 6.20 Å². The number of hydrogen-bond donors (Lipinski definition) is 2. The van der Waals surface area contributed by atoms with Crippen molar-refractivity contribution >= 4 is 11.5 Å². The molecule has 0 fully saturated rings. The lowest BCUT2D eigenvalue weighted by Gasteiger charge is -2.14. The number of pyridine rings is 1. The summed E-state index contributed by atoms with van der Waals surface area (Å²) >= 11 is 1.40. The Morgan fingerprint density at radius 2 is 2.41 bits per heavy atom. The quantitative estimate of drug-likeness (QED) is 0.616. The molecule has 17 heavy (non-hydrogen) atoms. The molecule has 0 aromatic carbocycles. The van der Waals surface area contributed by atoms with Crippen LogP contribution in [0.4, 0.5) is 0 Å². The number of hydrogen-bond acceptors (Lipinski definition) is 6. The van der Waals surface area contributed by atoms with Crippen LogP contribution in [0.1, 0.15) is 29.1 Å². The van der Waals surface area contributed by atoms with Crippen LogP contribution < -0.4 is 11.3 Å². The van der Waals surface area contributed by atoms with Crippen molar-refractivity contribution in [3.8, 4) is 0 Å². The number of rotatable bonds is 5. The van der Waals surface area contributed by atoms with Crippen LogP contribution in [0.15, 0.2) is 24.5 Å². The Morgan fingerprint density at radius 3 is 3.06 bits per heavy atom. The number of hydrazine groups is 1. The van der Waals surface area contributed by atoms with Crippen LogP contribution >= 0.6 is 11.5 Å². The first kappa shape index (κ1) is 12.1. The second-order valence-corrected chi connectivity index (χ2v) is 4.51. The molecule has 2 heterocycles. The Bertz CT molecular complexity index is 456. The molecule has 2 aromatic rings. The molecule has 0 spiro atoms. The van der Waals surface area contributed by atoms with E-state index in [-0.39, 0.29) is 6.04 Å². The maximum Gasteiger partial charge on any atom is 0.0801 e. The van der Waals surface area contributed by atoms with Gasteiger partial charge in [-0.25, -0.2) is 0 Å². The van der Waals surface area contributed by atoms with E-state index in [2.05, 4.69) is 26.9 Å². The molecule has 0 aliphatic carbocycles. The van der Waals surface area contributed by atoms with Gasteiger partial charge in [0.15, 0.2) is 0 Å². The van der Waals surface area contributed by atoms with Crippen molar-refractivity contribution in [2.24, 2.45) is 5.84 Å². The monoisotopic (exact) mass is 249 g/mol. The maximum atomic E-state index is 5.62. The molecule has 3 N–H and O–H groups in total. The van der Waals surface area contributed by atoms with E-state index >= 15 is 0 Å². The van der Waals surface area contributed by atoms with Crippen molar-refractivity contribution in [1.29, 1.82) is 0 Å². The second kappa shape index (κ2) is 5.81. The predicted octanol–water partition coefficient (Wildman–Crippen LogP) is 1.24. The Balaban J connectivity index is 2.17. The fraction of sp³-hybridized carbons (Fsp3) is 0.364. The third-order valence-corrected chi connectivity index (χ3v) is 3.48. The molecule has 1 atom stereocenters. The van der Waals surface area contributed by atoms with Crippen molar-refractivity contribution in [3.05, 3.63) is 40.7 Å². The summed E-state index contributed by atoms with van der Waals surface area (Å²) in [5.41, 5.74) is 4.99. The molecule has 0 aliphatic heterocycles. The molecule has 0 bridgehead atoms. The topological polar surface area (TPSA) is 76.7 Å². The first-order valence-electron chi connectivity index (χ1n) is 5.51. The fourth-order valence-corrected chi connectivity index (χ4v) is 2.50. The van der Waals surface area contributed by atoms with E-state index in [4.69, 9.17) is 5.84 Å². The summed E-state index contributed by atoms with van der Waals surface area (Å²) in [4.78, 5) is 5.21. The normalized spacial score (nSPS) is 12.6. The van der Waals surface area contributed by atoms with Gasteiger partial charge in [0, 0.05) is 12.4 Å². The highest BCUT2D eigenvalue weighted by atomic mass is 32.1. The summed E-state index contributed by atoms with van der Waals surface area (Å²) in [6, 6.07) is 4.01. The zero-order valence-corrected chi connectivity index (χ0v) is 10.4. The minimum Gasteiger partial charge on any atom is -0.271 e. The SMILES string of the molecule is CCc1nnsc1C(Cc1cccnc1)NN. The lowest BCUT2D eigenvalue weighted by molar-refractivity contribution is 0.554. The summed E-state index contributed by atoms with van der Waals surface area (Å²) in [6.45, 7) is 2.07. The summed E-state index contributed by atoms with van der Waals surface area (Å²) < 4.78 is 3.98. The van der Waals surface area contributed by atoms with Crippen LogP contribution in [0.25, 0.3) is 0 Å². The maximum absolute atomic E-state index is 5.62. The van der Waals surface area contributed by atoms with E-state index in [9.17, 15) is 0 Å². The predicted molar refractivity (Wildman–Crippen MR) is 67.3 cm³/mol. The number of nitrogens with one attached hydrogen (secondary N) is 1. The molecular weight excluding hydrogens is 234 g/mol. The summed E-state index contributed by atoms with van der Waals surface area (Å²) in [5, 5.41) is 4.10. The molecule has 6 heteroatoms. The standard InChI is InChI=1S/C11H15N5S/c1-2-9-11(17-16-15-9)10(14-12)6-8-4-3-5-13-7-8/h3-5,7,10,14H,2,6,12H2,1H3. The summed E-state index contributed by atoms with van der Waals surface area (Å²) in [7, 11) is 0. The Kier molecular flexibility index (Phi) is 4.13. The molecule has 5 nitrogen and oxygen atoms in total. The molecule has 90 valence electrons. The highest BCUT2D eigenvalue weighted by Crippen LogP contribution is 2.23. The summed E-state index contributed by atoms with van der Waals surface area (Å²) in [6.07, 6.45) is 5.28. The van der Waals surface area contributed by atoms with Gasteiger partial charge in [0.05, 0.1) is 16.6 Å². The van der Waals surface area contributed by atoms with Crippen LogP contribution in [-0.2, 0) is 12.8 Å². The van der Waals surface area contributed by atoms with Gasteiger partial charge >= 0.3 is 0 Å². The Hall–Kier alpha value is -1.37. The number of nitrogens with zero attached hydrogens (tertiary/aromatic N) is 3. The molecule has 0 amide bonds. The zero-order valence-electron chi connectivity index (χ0n) is 9.63. The van der Waals surface area contributed by atoms with E-state index in [0.29, 0.717) is 0 Å². The van der Waals surface area contributed by atoms with Crippen LogP contribution in [-0.4, -0.2) is 14.6 Å². The average molecular weight is 249 g/mol. The van der Waals surface area contributed by atoms with Gasteiger partial charge in [0.25, 0.3) is 0 Å². The van der Waals surface area contributed by atoms with E-state index < -0.39 is 0 Å². The van der Waals surface area contributed by atoms with Crippen LogP contribution in [0, 0.1) is 0 Å². The third-order valence-electron chi connectivity index (χ3n) is 2.60. The number of aromatic nitrogens is 3. The van der Waals surface area contributed by atoms with Crippen LogP contribution in [0.2, 0.25) is 0 Å². The molecule has 2 aromatic heterocycles. The van der Waals surface area contributed by atoms with Gasteiger partial charge in [-0.2, -0.15) is 0 Å². The molecule has 0 saturated carbocycles. The van der Waals surface area contributed by atoms with E-state index in [0.717, 1.165) is 29.0 Å². The molecule has 0 aliphatic rings. The Morgan fingerprint density at radius 1 is 1.53 bits per heavy atom. The lowest BCUT2D eigenvalue weighted by atomic mass is 10.1. The average Bonchev–Trinajstić information content (AvgIpc) is 2.85. The molecule has 0 radical (unpaired) electrons. The van der Waals surface area contributed by atoms with Gasteiger partial charge in [-0.05, 0) is 36.0 Å². The highest BCUT2D eigenvalue weighted by molar-refractivity contribution is 7.05. The molecule has 2 rings (SSSR count). The number of nitrogens with two attached hydrogens (primary N) is 1. The molecule has 1 unspecified atom stereocenters. The van der Waals surface area contributed by atoms with Gasteiger partial charge in [-0.1, -0.05) is 17.5 Å². The van der Waals surface area contributed by atoms with Gasteiger partial charge in [0.2, 0.25) is 0 Å². The largest absolute Gasteiger partial charge is 0.271 e. The van der Waals surface area contributed by atoms with E-state index in [1.165, 1.54) is 11.5 Å². The second-order valence-electron chi connectivity index (χ2n) is 3.72. The van der Waals surface area contributed by atoms with Crippen molar-refractivity contribution in [2.45, 2.75) is 25.8 Å². The van der Waals surface area contributed by atoms with Crippen molar-refractivity contribution in [3.63, 3.8) is 0 Å². The third kappa shape index (κ3) is 2.85.